The van der Waals surface area contributed by atoms with E-state index in [0.717, 1.165) is 14.2 Å². The Labute approximate surface area is 297 Å². The van der Waals surface area contributed by atoms with Crippen LogP contribution in [0.1, 0.15) is 0 Å². The van der Waals surface area contributed by atoms with E-state index >= 15 is 4.39 Å². The second-order valence-electron chi connectivity index (χ2n) is 10.9. The van der Waals surface area contributed by atoms with Crippen molar-refractivity contribution in [2.45, 2.75) is 0 Å². The number of aromatic hydroxyl groups is 2. The number of phenols is 2. The molecule has 2 aromatic heterocycles. The van der Waals surface area contributed by atoms with Gasteiger partial charge in [-0.15, -0.1) is 10.2 Å². The molecule has 0 aliphatic carbocycles. The molecule has 19 heteroatoms. The van der Waals surface area contributed by atoms with Crippen molar-refractivity contribution in [1.82, 2.24) is 24.6 Å². The van der Waals surface area contributed by atoms with Crippen LogP contribution in [0.15, 0.2) is 100 Å². The normalized spacial score (nSPS) is 16.7. The standard InChI is InChI=1S/C17H12FN3O4S.C16H11FN4O4S/c18-15-11(12-9-25-17(19-12)10-4-2-1-3-5-10)6-7-13(22)16(15)21-8-14(23)20-26(21)24;17-13-10(16-19-18-15(25-16)9-4-2-1-3-5-9)6-7-11(22)14(13)21-8-12(23)20-26(21)24/h1-7,9,22H,8H2,(H,20,23);1-7,22H,8H2,(H,20,23). The third-order valence-corrected chi connectivity index (χ3v) is 9.77. The average Bonchev–Trinajstić information content (AvgIpc) is 3.94. The third kappa shape index (κ3) is 6.56. The zero-order valence-corrected chi connectivity index (χ0v) is 27.9. The maximum atomic E-state index is 15.0. The number of aromatic nitrogens is 3. The molecule has 0 saturated carbocycles. The molecule has 52 heavy (non-hydrogen) atoms. The van der Waals surface area contributed by atoms with Crippen LogP contribution in [0.25, 0.3) is 45.6 Å². The van der Waals surface area contributed by atoms with Gasteiger partial charge < -0.3 is 19.0 Å². The van der Waals surface area contributed by atoms with Crippen LogP contribution < -0.4 is 18.1 Å². The minimum atomic E-state index is -1.98. The molecule has 0 spiro atoms. The highest BCUT2D eigenvalue weighted by atomic mass is 32.2. The summed E-state index contributed by atoms with van der Waals surface area (Å²) in [4.78, 5) is 27.1. The van der Waals surface area contributed by atoms with Gasteiger partial charge in [0, 0.05) is 16.7 Å². The summed E-state index contributed by atoms with van der Waals surface area (Å²) in [6.07, 6.45) is 1.30. The lowest BCUT2D eigenvalue weighted by Gasteiger charge is -2.17. The number of halogens is 2. The van der Waals surface area contributed by atoms with Gasteiger partial charge in [0.05, 0.1) is 5.56 Å². The van der Waals surface area contributed by atoms with Crippen molar-refractivity contribution in [2.24, 2.45) is 0 Å². The number of nitrogens with one attached hydrogen (secondary N) is 2. The summed E-state index contributed by atoms with van der Waals surface area (Å²) >= 11 is -3.95. The molecule has 2 atom stereocenters. The van der Waals surface area contributed by atoms with E-state index in [2.05, 4.69) is 24.6 Å². The molecule has 2 unspecified atom stereocenters. The molecule has 2 aliphatic heterocycles. The van der Waals surface area contributed by atoms with E-state index in [0.29, 0.717) is 11.5 Å². The van der Waals surface area contributed by atoms with Crippen LogP contribution in [0.2, 0.25) is 0 Å². The first kappa shape index (κ1) is 34.0. The van der Waals surface area contributed by atoms with E-state index in [1.54, 1.807) is 36.4 Å². The van der Waals surface area contributed by atoms with Gasteiger partial charge in [-0.3, -0.25) is 27.6 Å². The van der Waals surface area contributed by atoms with Gasteiger partial charge in [-0.2, -0.15) is 0 Å². The lowest BCUT2D eigenvalue weighted by molar-refractivity contribution is -0.118. The first-order valence-corrected chi connectivity index (χ1v) is 17.2. The quantitative estimate of drug-likeness (QED) is 0.191. The molecule has 4 heterocycles. The Balaban J connectivity index is 0.000000162. The Morgan fingerprint density at radius 1 is 0.654 bits per heavy atom. The first-order valence-electron chi connectivity index (χ1n) is 15.0. The molecule has 0 radical (unpaired) electrons. The lowest BCUT2D eigenvalue weighted by Crippen LogP contribution is -2.23. The largest absolute Gasteiger partial charge is 0.506 e. The summed E-state index contributed by atoms with van der Waals surface area (Å²) in [6, 6.07) is 23.1. The van der Waals surface area contributed by atoms with Crippen LogP contribution >= 0.6 is 0 Å². The molecule has 4 N–H and O–H groups in total. The number of rotatable bonds is 6. The summed E-state index contributed by atoms with van der Waals surface area (Å²) < 4.78 is 70.9. The van der Waals surface area contributed by atoms with Crippen LogP contribution in [-0.4, -0.2) is 58.7 Å². The summed E-state index contributed by atoms with van der Waals surface area (Å²) in [6.45, 7) is -0.672. The second kappa shape index (κ2) is 14.0. The number of carbonyl (C=O) groups is 2. The van der Waals surface area contributed by atoms with Gasteiger partial charge in [-0.1, -0.05) is 36.4 Å². The molecular formula is C33H23F2N7O8S2. The molecule has 264 valence electrons. The fourth-order valence-corrected chi connectivity index (χ4v) is 7.05. The van der Waals surface area contributed by atoms with Gasteiger partial charge in [0.2, 0.25) is 34.1 Å². The monoisotopic (exact) mass is 747 g/mol. The Bertz CT molecular complexity index is 2210. The Morgan fingerprint density at radius 2 is 1.13 bits per heavy atom. The van der Waals surface area contributed by atoms with E-state index in [1.807, 2.05) is 24.3 Å². The minimum Gasteiger partial charge on any atom is -0.506 e. The molecule has 2 fully saturated rings. The van der Waals surface area contributed by atoms with E-state index in [1.165, 1.54) is 30.5 Å². The predicted octanol–water partition coefficient (Wildman–Crippen LogP) is 4.13. The second-order valence-corrected chi connectivity index (χ2v) is 13.2. The number of phenolic OH excluding ortho intramolecular Hbond substituents is 2. The molecule has 0 bridgehead atoms. The van der Waals surface area contributed by atoms with Crippen molar-refractivity contribution in [1.29, 1.82) is 0 Å². The van der Waals surface area contributed by atoms with E-state index < -0.39 is 57.3 Å². The molecule has 2 saturated heterocycles. The maximum Gasteiger partial charge on any atom is 0.253 e. The Kier molecular flexibility index (Phi) is 9.18. The first-order chi connectivity index (χ1) is 25.1. The highest BCUT2D eigenvalue weighted by Crippen LogP contribution is 2.40. The number of carbonyl (C=O) groups excluding carboxylic acids is 2. The maximum absolute atomic E-state index is 15.0. The van der Waals surface area contributed by atoms with Crippen LogP contribution in [0, 0.1) is 11.6 Å². The third-order valence-electron chi connectivity index (χ3n) is 7.54. The number of anilines is 2. The predicted molar refractivity (Wildman–Crippen MR) is 183 cm³/mol. The molecule has 4 aromatic carbocycles. The highest BCUT2D eigenvalue weighted by Gasteiger charge is 2.34. The van der Waals surface area contributed by atoms with Gasteiger partial charge in [0.25, 0.3) is 17.7 Å². The molecule has 6 aromatic rings. The van der Waals surface area contributed by atoms with Gasteiger partial charge in [0.1, 0.15) is 47.9 Å². The Morgan fingerprint density at radius 3 is 1.65 bits per heavy atom. The van der Waals surface area contributed by atoms with Crippen molar-refractivity contribution in [3.8, 4) is 57.1 Å². The van der Waals surface area contributed by atoms with Gasteiger partial charge in [-0.25, -0.2) is 22.2 Å². The van der Waals surface area contributed by atoms with Gasteiger partial charge in [0.15, 0.2) is 11.6 Å². The van der Waals surface area contributed by atoms with Gasteiger partial charge >= 0.3 is 0 Å². The van der Waals surface area contributed by atoms with Crippen molar-refractivity contribution >= 4 is 45.5 Å². The summed E-state index contributed by atoms with van der Waals surface area (Å²) in [5.74, 6) is -3.31. The van der Waals surface area contributed by atoms with E-state index in [-0.39, 0.29) is 53.1 Å². The molecule has 2 aliphatic rings. The average molecular weight is 748 g/mol. The van der Waals surface area contributed by atoms with Crippen LogP contribution in [0.4, 0.5) is 20.2 Å². The zero-order chi connectivity index (χ0) is 36.5. The summed E-state index contributed by atoms with van der Waals surface area (Å²) in [7, 11) is 0. The highest BCUT2D eigenvalue weighted by molar-refractivity contribution is 7.86. The smallest absolute Gasteiger partial charge is 0.253 e. The fraction of sp³-hybridized carbons (Fsp3) is 0.0606. The van der Waals surface area contributed by atoms with Gasteiger partial charge in [-0.05, 0) is 48.5 Å². The number of oxazole rings is 1. The van der Waals surface area contributed by atoms with E-state index in [4.69, 9.17) is 8.83 Å². The topological polar surface area (TPSA) is 204 Å². The van der Waals surface area contributed by atoms with Crippen LogP contribution in [-0.2, 0) is 31.9 Å². The fourth-order valence-electron chi connectivity index (χ4n) is 5.16. The van der Waals surface area contributed by atoms with Crippen molar-refractivity contribution in [3.63, 3.8) is 0 Å². The van der Waals surface area contributed by atoms with Crippen molar-refractivity contribution < 1.29 is 45.8 Å². The number of benzene rings is 4. The minimum absolute atomic E-state index is 0.0556. The Hall–Kier alpha value is -6.47. The molecule has 2 amide bonds. The van der Waals surface area contributed by atoms with Crippen molar-refractivity contribution in [3.05, 3.63) is 103 Å². The van der Waals surface area contributed by atoms with E-state index in [9.17, 15) is 32.6 Å². The molecule has 8 rings (SSSR count). The number of nitrogens with zero attached hydrogens (tertiary/aromatic N) is 5. The number of hydrogen-bond acceptors (Lipinski definition) is 11. The zero-order valence-electron chi connectivity index (χ0n) is 26.2. The lowest BCUT2D eigenvalue weighted by atomic mass is 10.1. The summed E-state index contributed by atoms with van der Waals surface area (Å²) in [5.41, 5.74) is 0.882. The van der Waals surface area contributed by atoms with Crippen LogP contribution in [0.5, 0.6) is 11.5 Å². The molecular weight excluding hydrogens is 725 g/mol. The number of amides is 2. The van der Waals surface area contributed by atoms with Crippen molar-refractivity contribution in [2.75, 3.05) is 21.7 Å². The van der Waals surface area contributed by atoms with Crippen LogP contribution in [0.3, 0.4) is 0 Å². The summed E-state index contributed by atoms with van der Waals surface area (Å²) in [5, 5.41) is 27.7. The SMILES string of the molecule is O=C1CN(c2c(O)ccc(-c3coc(-c4ccccc4)n3)c2F)S(=O)N1.O=C1CN(c2c(O)ccc(-c3nnc(-c4ccccc4)o3)c2F)S(=O)N1. The molecule has 15 nitrogen and oxygen atoms in total. The number of hydrogen-bond donors (Lipinski definition) is 4.